The van der Waals surface area contributed by atoms with Crippen LogP contribution in [0, 0.1) is 11.2 Å². The van der Waals surface area contributed by atoms with Crippen molar-refractivity contribution in [3.8, 4) is 11.8 Å². The number of aliphatic hydroxyl groups excluding tert-OH is 2. The second-order valence-electron chi connectivity index (χ2n) is 11.0. The molecule has 1 aliphatic carbocycles. The van der Waals surface area contributed by atoms with Gasteiger partial charge in [0.1, 0.15) is 36.5 Å². The van der Waals surface area contributed by atoms with Gasteiger partial charge in [0.25, 0.3) is 6.01 Å². The molecule has 39 heavy (non-hydrogen) atoms. The van der Waals surface area contributed by atoms with Crippen LogP contribution in [-0.4, -0.2) is 89.2 Å². The minimum absolute atomic E-state index is 0.0290. The molecule has 10 nitrogen and oxygen atoms in total. The van der Waals surface area contributed by atoms with E-state index in [9.17, 15) is 10.2 Å². The summed E-state index contributed by atoms with van der Waals surface area (Å²) in [7, 11) is 0. The molecule has 3 fully saturated rings. The van der Waals surface area contributed by atoms with E-state index >= 15 is 4.39 Å². The van der Waals surface area contributed by atoms with Crippen molar-refractivity contribution in [2.24, 2.45) is 5.41 Å². The molecule has 0 saturated carbocycles. The average Bonchev–Trinajstić information content (AvgIpc) is 3.66. The van der Waals surface area contributed by atoms with Gasteiger partial charge in [0, 0.05) is 6.07 Å². The molecule has 2 aromatic heterocycles. The van der Waals surface area contributed by atoms with Crippen LogP contribution in [0.4, 0.5) is 4.39 Å². The monoisotopic (exact) mass is 561 g/mol. The van der Waals surface area contributed by atoms with Gasteiger partial charge in [-0.05, 0) is 48.4 Å². The summed E-state index contributed by atoms with van der Waals surface area (Å²) < 4.78 is 43.6. The first-order valence-electron chi connectivity index (χ1n) is 13.2. The number of rotatable bonds is 8. The lowest BCUT2D eigenvalue weighted by Crippen LogP contribution is -2.49. The standard InChI is InChI=1S/C27H29ClFN3O7/c28-16-6-19-25(32-26(31-19)39-21-8-37-23-20(34)7-36-24(21)23)30-18(16)4-14-2-1-13-3-15(5-17(29)22(13)14)38-12-27(9-33)10-35-11-27/h3,5-6,14,20-21,23-24,33-34H,1-2,4,7-12H2,(H,30,31,32)/t14?,20-,21-,23-,24-/m1/s1. The van der Waals surface area contributed by atoms with E-state index in [1.54, 1.807) is 6.07 Å². The molecular weight excluding hydrogens is 533 g/mol. The number of pyridine rings is 1. The summed E-state index contributed by atoms with van der Waals surface area (Å²) in [6.07, 6.45) is 0.158. The molecule has 12 heteroatoms. The third kappa shape index (κ3) is 4.55. The highest BCUT2D eigenvalue weighted by atomic mass is 35.5. The fourth-order valence-electron chi connectivity index (χ4n) is 5.97. The Morgan fingerprint density at radius 3 is 2.79 bits per heavy atom. The van der Waals surface area contributed by atoms with Gasteiger partial charge in [-0.1, -0.05) is 11.6 Å². The van der Waals surface area contributed by atoms with Crippen molar-refractivity contribution < 1.29 is 38.3 Å². The molecule has 208 valence electrons. The lowest BCUT2D eigenvalue weighted by Gasteiger charge is -2.39. The van der Waals surface area contributed by atoms with Crippen LogP contribution in [-0.2, 0) is 27.1 Å². The number of ether oxygens (including phenoxy) is 5. The molecule has 0 radical (unpaired) electrons. The summed E-state index contributed by atoms with van der Waals surface area (Å²) in [5.74, 6) is 0.0788. The highest BCUT2D eigenvalue weighted by Gasteiger charge is 2.48. The smallest absolute Gasteiger partial charge is 0.296 e. The molecule has 1 unspecified atom stereocenters. The first-order valence-corrected chi connectivity index (χ1v) is 13.6. The molecule has 5 heterocycles. The van der Waals surface area contributed by atoms with E-state index in [1.807, 2.05) is 6.07 Å². The van der Waals surface area contributed by atoms with Crippen LogP contribution in [0.15, 0.2) is 18.2 Å². The normalized spacial score (nSPS) is 28.9. The number of aromatic amines is 1. The Kier molecular flexibility index (Phi) is 6.41. The summed E-state index contributed by atoms with van der Waals surface area (Å²) in [6.45, 7) is 1.64. The minimum atomic E-state index is -0.659. The summed E-state index contributed by atoms with van der Waals surface area (Å²) in [4.78, 5) is 12.2. The number of aryl methyl sites for hydroxylation is 1. The highest BCUT2D eigenvalue weighted by molar-refractivity contribution is 6.31. The van der Waals surface area contributed by atoms with Crippen molar-refractivity contribution in [1.29, 1.82) is 0 Å². The van der Waals surface area contributed by atoms with Gasteiger partial charge in [-0.15, -0.1) is 0 Å². The molecular formula is C27H29ClFN3O7. The molecule has 0 bridgehead atoms. The Hall–Kier alpha value is -2.54. The Balaban J connectivity index is 1.06. The number of benzene rings is 1. The van der Waals surface area contributed by atoms with Crippen molar-refractivity contribution in [3.05, 3.63) is 45.9 Å². The van der Waals surface area contributed by atoms with E-state index in [1.165, 1.54) is 6.07 Å². The average molecular weight is 562 g/mol. The van der Waals surface area contributed by atoms with Crippen LogP contribution in [0.3, 0.4) is 0 Å². The lowest BCUT2D eigenvalue weighted by molar-refractivity contribution is -0.153. The van der Waals surface area contributed by atoms with Gasteiger partial charge >= 0.3 is 0 Å². The number of hydrogen-bond acceptors (Lipinski definition) is 9. The molecule has 3 saturated heterocycles. The summed E-state index contributed by atoms with van der Waals surface area (Å²) in [5.41, 5.74) is 2.90. The Morgan fingerprint density at radius 2 is 2.00 bits per heavy atom. The second-order valence-corrected chi connectivity index (χ2v) is 11.4. The minimum Gasteiger partial charge on any atom is -0.493 e. The van der Waals surface area contributed by atoms with Gasteiger partial charge in [0.15, 0.2) is 11.8 Å². The molecule has 7 rings (SSSR count). The quantitative estimate of drug-likeness (QED) is 0.379. The maximum atomic E-state index is 15.3. The van der Waals surface area contributed by atoms with Gasteiger partial charge in [0.05, 0.1) is 54.7 Å². The fraction of sp³-hybridized carbons (Fsp3) is 0.556. The SMILES string of the molecule is OCC1(COc2cc(F)c3c(c2)CCC3Cc2nc3nc(O[C@@H]4CO[C@H]5[C@@H]4OC[C@H]5O)[nH]c3cc2Cl)COC1. The number of nitrogens with zero attached hydrogens (tertiary/aromatic N) is 2. The topological polar surface area (TPSA) is 128 Å². The van der Waals surface area contributed by atoms with Crippen LogP contribution in [0.1, 0.15) is 29.2 Å². The maximum absolute atomic E-state index is 15.3. The zero-order valence-corrected chi connectivity index (χ0v) is 21.8. The van der Waals surface area contributed by atoms with Crippen LogP contribution in [0.5, 0.6) is 11.8 Å². The van der Waals surface area contributed by atoms with Crippen molar-refractivity contribution >= 4 is 22.8 Å². The number of halogens is 2. The van der Waals surface area contributed by atoms with E-state index in [0.717, 1.165) is 18.4 Å². The largest absolute Gasteiger partial charge is 0.493 e. The molecule has 3 aliphatic heterocycles. The van der Waals surface area contributed by atoms with Gasteiger partial charge < -0.3 is 38.9 Å². The Bertz CT molecular complexity index is 1390. The number of hydrogen-bond donors (Lipinski definition) is 3. The van der Waals surface area contributed by atoms with Crippen molar-refractivity contribution in [3.63, 3.8) is 0 Å². The lowest BCUT2D eigenvalue weighted by atomic mass is 9.88. The number of aliphatic hydroxyl groups is 2. The van der Waals surface area contributed by atoms with E-state index in [0.29, 0.717) is 59.4 Å². The third-order valence-corrected chi connectivity index (χ3v) is 8.55. The van der Waals surface area contributed by atoms with Gasteiger partial charge in [-0.25, -0.2) is 9.37 Å². The number of nitrogens with one attached hydrogen (secondary N) is 1. The molecule has 3 N–H and O–H groups in total. The van der Waals surface area contributed by atoms with Crippen LogP contribution in [0.25, 0.3) is 11.2 Å². The van der Waals surface area contributed by atoms with E-state index in [2.05, 4.69) is 15.0 Å². The van der Waals surface area contributed by atoms with Gasteiger partial charge in [0.2, 0.25) is 0 Å². The molecule has 4 aliphatic rings. The number of H-pyrrole nitrogens is 1. The summed E-state index contributed by atoms with van der Waals surface area (Å²) >= 11 is 6.60. The first-order chi connectivity index (χ1) is 18.9. The maximum Gasteiger partial charge on any atom is 0.296 e. The third-order valence-electron chi connectivity index (χ3n) is 8.22. The van der Waals surface area contributed by atoms with E-state index < -0.39 is 23.7 Å². The van der Waals surface area contributed by atoms with Crippen molar-refractivity contribution in [2.75, 3.05) is 39.6 Å². The number of aromatic nitrogens is 3. The summed E-state index contributed by atoms with van der Waals surface area (Å²) in [5, 5.41) is 20.0. The van der Waals surface area contributed by atoms with Crippen molar-refractivity contribution in [2.45, 2.75) is 49.6 Å². The van der Waals surface area contributed by atoms with E-state index in [4.69, 9.17) is 35.3 Å². The molecule has 5 atom stereocenters. The molecule has 0 amide bonds. The van der Waals surface area contributed by atoms with Crippen molar-refractivity contribution in [1.82, 2.24) is 15.0 Å². The highest BCUT2D eigenvalue weighted by Crippen LogP contribution is 2.41. The number of fused-ring (bicyclic) bond motifs is 3. The number of imidazole rings is 1. The predicted octanol–water partition coefficient (Wildman–Crippen LogP) is 2.32. The second kappa shape index (κ2) is 9.83. The Labute approximate surface area is 228 Å². The van der Waals surface area contributed by atoms with Gasteiger partial charge in [-0.2, -0.15) is 4.98 Å². The Morgan fingerprint density at radius 1 is 1.15 bits per heavy atom. The van der Waals surface area contributed by atoms with Crippen LogP contribution in [0.2, 0.25) is 5.02 Å². The van der Waals surface area contributed by atoms with Gasteiger partial charge in [-0.3, -0.25) is 0 Å². The zero-order valence-electron chi connectivity index (χ0n) is 21.1. The fourth-order valence-corrected chi connectivity index (χ4v) is 6.20. The predicted molar refractivity (Wildman–Crippen MR) is 136 cm³/mol. The van der Waals surface area contributed by atoms with Crippen LogP contribution < -0.4 is 9.47 Å². The van der Waals surface area contributed by atoms with Crippen LogP contribution >= 0.6 is 11.6 Å². The van der Waals surface area contributed by atoms with E-state index in [-0.39, 0.29) is 43.7 Å². The molecule has 0 spiro atoms. The first kappa shape index (κ1) is 25.4. The molecule has 3 aromatic rings. The zero-order chi connectivity index (χ0) is 26.7. The molecule has 1 aromatic carbocycles. The summed E-state index contributed by atoms with van der Waals surface area (Å²) in [6, 6.07) is 5.34.